The summed E-state index contributed by atoms with van der Waals surface area (Å²) in [5.74, 6) is 0.154. The van der Waals surface area contributed by atoms with Gasteiger partial charge in [0, 0.05) is 13.0 Å². The molecule has 2 heteroatoms. The molecule has 0 amide bonds. The van der Waals surface area contributed by atoms with E-state index in [1.165, 1.54) is 6.42 Å². The van der Waals surface area contributed by atoms with Gasteiger partial charge in [0.25, 0.3) is 0 Å². The highest BCUT2D eigenvalue weighted by atomic mass is 16.1. The minimum absolute atomic E-state index is 0.0505. The van der Waals surface area contributed by atoms with Gasteiger partial charge in [0.05, 0.1) is 12.1 Å². The average molecular weight is 306 g/mol. The van der Waals surface area contributed by atoms with Crippen LogP contribution < -0.4 is 0 Å². The molecular formula is C21H23NO. The van der Waals surface area contributed by atoms with Crippen molar-refractivity contribution in [2.45, 2.75) is 50.2 Å². The van der Waals surface area contributed by atoms with Crippen molar-refractivity contribution in [2.24, 2.45) is 0 Å². The summed E-state index contributed by atoms with van der Waals surface area (Å²) in [6.45, 7) is 0. The molecule has 0 N–H and O–H groups in total. The molecule has 2 fully saturated rings. The first-order chi connectivity index (χ1) is 11.7. The summed E-state index contributed by atoms with van der Waals surface area (Å²) in [5, 5.41) is 0. The number of benzene rings is 2. The highest BCUT2D eigenvalue weighted by molar-refractivity contribution is 6.02. The average Bonchev–Trinajstić information content (AvgIpc) is 3.40. The smallest absolute Gasteiger partial charge is 0.181 e. The van der Waals surface area contributed by atoms with Crippen LogP contribution in [0, 0.1) is 0 Å². The molecule has 1 saturated carbocycles. The minimum atomic E-state index is -0.589. The normalized spacial score (nSPS) is 29.6. The van der Waals surface area contributed by atoms with E-state index in [9.17, 15) is 4.79 Å². The molecule has 2 aliphatic rings. The largest absolute Gasteiger partial charge is 0.292 e. The fraction of sp³-hybridized carbons (Fsp3) is 0.381. The first-order valence-corrected chi connectivity index (χ1v) is 8.63. The summed E-state index contributed by atoms with van der Waals surface area (Å²) in [6.07, 6.45) is 5.13. The van der Waals surface area contributed by atoms with Gasteiger partial charge in [0.2, 0.25) is 0 Å². The second-order valence-corrected chi connectivity index (χ2v) is 6.56. The second kappa shape index (κ2) is 6.29. The van der Waals surface area contributed by atoms with Crippen LogP contribution in [0.4, 0.5) is 0 Å². The molecule has 4 rings (SSSR count). The van der Waals surface area contributed by atoms with E-state index in [2.05, 4.69) is 17.0 Å². The second-order valence-electron chi connectivity index (χ2n) is 6.56. The Kier molecular flexibility index (Phi) is 3.69. The first-order valence-electron chi connectivity index (χ1n) is 9.13. The maximum atomic E-state index is 13.1. The number of carbonyl (C=O) groups is 1. The zero-order valence-electron chi connectivity index (χ0n) is 14.3. The molecule has 2 aromatic carbocycles. The van der Waals surface area contributed by atoms with E-state index < -0.39 is 6.02 Å². The zero-order valence-corrected chi connectivity index (χ0v) is 13.3. The Labute approximate surface area is 139 Å². The van der Waals surface area contributed by atoms with Crippen LogP contribution in [0.1, 0.15) is 55.4 Å². The molecule has 0 radical (unpaired) electrons. The molecular weight excluding hydrogens is 282 g/mol. The molecule has 118 valence electrons. The number of Topliss-reactive ketones (excluding diaryl/α,β-unsaturated/α-hetero) is 1. The lowest BCUT2D eigenvalue weighted by atomic mass is 9.95. The van der Waals surface area contributed by atoms with Gasteiger partial charge in [-0.3, -0.25) is 9.69 Å². The van der Waals surface area contributed by atoms with Crippen molar-refractivity contribution in [3.05, 3.63) is 71.8 Å². The summed E-state index contributed by atoms with van der Waals surface area (Å²) in [7, 11) is 0. The Hall–Kier alpha value is -1.93. The van der Waals surface area contributed by atoms with Crippen molar-refractivity contribution in [1.82, 2.24) is 4.90 Å². The summed E-state index contributed by atoms with van der Waals surface area (Å²) in [4.78, 5) is 15.2. The molecule has 2 aromatic rings. The highest BCUT2D eigenvalue weighted by Crippen LogP contribution is 2.49. The Morgan fingerprint density at radius 3 is 2.17 bits per heavy atom. The molecule has 2 nitrogen and oxygen atoms in total. The van der Waals surface area contributed by atoms with E-state index in [-0.39, 0.29) is 17.9 Å². The molecule has 0 bridgehead atoms. The quantitative estimate of drug-likeness (QED) is 0.606. The number of hydrogen-bond donors (Lipinski definition) is 0. The molecule has 0 spiro atoms. The maximum absolute atomic E-state index is 13.1. The fourth-order valence-electron chi connectivity index (χ4n) is 3.88. The molecule has 1 saturated heterocycles. The lowest BCUT2D eigenvalue weighted by molar-refractivity contribution is 0.0963. The standard InChI is InChI=1S/C21H23NO/c23-21(17-12-6-2-7-13-17)20-19(16-10-4-1-5-11-16)22(20)18-14-8-3-9-15-18/h1-2,4-7,10-13,18-20H,3,8-9,14-15H2/i18D. The van der Waals surface area contributed by atoms with E-state index >= 15 is 0 Å². The Morgan fingerprint density at radius 1 is 0.913 bits per heavy atom. The zero-order chi connectivity index (χ0) is 16.6. The Morgan fingerprint density at radius 2 is 1.52 bits per heavy atom. The number of rotatable bonds is 4. The number of hydrogen-bond acceptors (Lipinski definition) is 2. The van der Waals surface area contributed by atoms with Crippen LogP contribution in [0.15, 0.2) is 60.7 Å². The van der Waals surface area contributed by atoms with Crippen molar-refractivity contribution in [2.75, 3.05) is 0 Å². The predicted octanol–water partition coefficient (Wildman–Crippen LogP) is 4.63. The summed E-state index contributed by atoms with van der Waals surface area (Å²) in [6, 6.07) is 19.0. The van der Waals surface area contributed by atoms with Crippen LogP contribution in [0.5, 0.6) is 0 Å². The molecule has 3 unspecified atom stereocenters. The maximum Gasteiger partial charge on any atom is 0.181 e. The third-order valence-electron chi connectivity index (χ3n) is 5.07. The topological polar surface area (TPSA) is 20.1 Å². The monoisotopic (exact) mass is 306 g/mol. The molecule has 1 aliphatic heterocycles. The lowest BCUT2D eigenvalue weighted by Crippen LogP contribution is -2.26. The summed E-state index contributed by atoms with van der Waals surface area (Å²) < 4.78 is 8.98. The van der Waals surface area contributed by atoms with Crippen molar-refractivity contribution in [3.63, 3.8) is 0 Å². The van der Waals surface area contributed by atoms with Crippen LogP contribution in [-0.2, 0) is 0 Å². The van der Waals surface area contributed by atoms with E-state index in [1.807, 2.05) is 48.5 Å². The minimum Gasteiger partial charge on any atom is -0.292 e. The number of carbonyl (C=O) groups excluding carboxylic acids is 1. The Balaban J connectivity index is 1.66. The molecule has 1 aliphatic carbocycles. The molecule has 1 heterocycles. The van der Waals surface area contributed by atoms with Gasteiger partial charge >= 0.3 is 0 Å². The molecule has 3 atom stereocenters. The summed E-state index contributed by atoms with van der Waals surface area (Å²) >= 11 is 0. The highest BCUT2D eigenvalue weighted by Gasteiger charge is 2.55. The third kappa shape index (κ3) is 2.84. The van der Waals surface area contributed by atoms with Crippen LogP contribution in [-0.4, -0.2) is 22.7 Å². The Bertz CT molecular complexity index is 709. The fourth-order valence-corrected chi connectivity index (χ4v) is 3.88. The van der Waals surface area contributed by atoms with E-state index in [4.69, 9.17) is 1.37 Å². The van der Waals surface area contributed by atoms with Gasteiger partial charge in [-0.25, -0.2) is 0 Å². The van der Waals surface area contributed by atoms with Gasteiger partial charge in [-0.1, -0.05) is 79.9 Å². The van der Waals surface area contributed by atoms with E-state index in [0.717, 1.165) is 36.8 Å². The number of ketones is 1. The predicted molar refractivity (Wildman–Crippen MR) is 92.5 cm³/mol. The lowest BCUT2D eigenvalue weighted by Gasteiger charge is -2.24. The van der Waals surface area contributed by atoms with Gasteiger partial charge in [0.15, 0.2) is 5.78 Å². The summed E-state index contributed by atoms with van der Waals surface area (Å²) in [5.41, 5.74) is 1.91. The van der Waals surface area contributed by atoms with Crippen LogP contribution in [0.25, 0.3) is 0 Å². The van der Waals surface area contributed by atoms with Gasteiger partial charge in [-0.05, 0) is 18.4 Å². The van der Waals surface area contributed by atoms with Gasteiger partial charge in [0.1, 0.15) is 0 Å². The van der Waals surface area contributed by atoms with E-state index in [0.29, 0.717) is 0 Å². The number of nitrogens with zero attached hydrogens (tertiary/aromatic N) is 1. The van der Waals surface area contributed by atoms with Crippen molar-refractivity contribution in [3.8, 4) is 0 Å². The first kappa shape index (κ1) is 13.5. The van der Waals surface area contributed by atoms with E-state index in [1.54, 1.807) is 0 Å². The molecule has 23 heavy (non-hydrogen) atoms. The van der Waals surface area contributed by atoms with Crippen molar-refractivity contribution < 1.29 is 6.17 Å². The van der Waals surface area contributed by atoms with Crippen molar-refractivity contribution >= 4 is 5.78 Å². The van der Waals surface area contributed by atoms with Gasteiger partial charge in [-0.2, -0.15) is 0 Å². The van der Waals surface area contributed by atoms with Gasteiger partial charge in [-0.15, -0.1) is 0 Å². The van der Waals surface area contributed by atoms with Crippen molar-refractivity contribution in [1.29, 1.82) is 0 Å². The van der Waals surface area contributed by atoms with Gasteiger partial charge < -0.3 is 0 Å². The van der Waals surface area contributed by atoms with Crippen LogP contribution >= 0.6 is 0 Å². The van der Waals surface area contributed by atoms with Crippen LogP contribution in [0.2, 0.25) is 0 Å². The SMILES string of the molecule is [2H]C1(N2C(C(=O)c3ccccc3)C2c2ccccc2)CCCCC1. The molecule has 0 aromatic heterocycles. The third-order valence-corrected chi connectivity index (χ3v) is 5.07. The van der Waals surface area contributed by atoms with Crippen LogP contribution in [0.3, 0.4) is 0 Å².